The average molecular weight is 323 g/mol. The Morgan fingerprint density at radius 3 is 2.58 bits per heavy atom. The molecule has 0 atom stereocenters. The van der Waals surface area contributed by atoms with E-state index in [1.165, 1.54) is 0 Å². The number of hydrogen-bond acceptors (Lipinski definition) is 3. The second-order valence-electron chi connectivity index (χ2n) is 4.84. The maximum absolute atomic E-state index is 10.9. The van der Waals surface area contributed by atoms with Crippen LogP contribution in [0.4, 0.5) is 5.69 Å². The normalized spacial score (nSPS) is 22.5. The largest absolute Gasteiger partial charge is 0.481 e. The highest BCUT2D eigenvalue weighted by atomic mass is 79.9. The molecule has 19 heavy (non-hydrogen) atoms. The van der Waals surface area contributed by atoms with Gasteiger partial charge in [0.25, 0.3) is 0 Å². The summed E-state index contributed by atoms with van der Waals surface area (Å²) in [5.74, 6) is -0.875. The maximum Gasteiger partial charge on any atom is 0.306 e. The molecular formula is C14H15BrN2O2. The van der Waals surface area contributed by atoms with Gasteiger partial charge in [0, 0.05) is 16.2 Å². The van der Waals surface area contributed by atoms with Crippen LogP contribution in [0.2, 0.25) is 0 Å². The summed E-state index contributed by atoms with van der Waals surface area (Å²) in [7, 11) is 0. The molecule has 100 valence electrons. The van der Waals surface area contributed by atoms with E-state index in [1.54, 1.807) is 12.1 Å². The molecule has 4 nitrogen and oxygen atoms in total. The van der Waals surface area contributed by atoms with Gasteiger partial charge < -0.3 is 10.4 Å². The molecule has 1 saturated carbocycles. The Hall–Kier alpha value is -1.54. The molecule has 1 aliphatic rings. The smallest absolute Gasteiger partial charge is 0.306 e. The van der Waals surface area contributed by atoms with Crippen molar-refractivity contribution in [1.82, 2.24) is 0 Å². The van der Waals surface area contributed by atoms with E-state index in [1.807, 2.05) is 6.07 Å². The zero-order chi connectivity index (χ0) is 13.8. The van der Waals surface area contributed by atoms with Crippen LogP contribution in [0.5, 0.6) is 0 Å². The molecule has 2 rings (SSSR count). The SMILES string of the molecule is N#Cc1ccc(NC2CCC(C(=O)O)CC2)c(Br)c1. The molecule has 1 aromatic carbocycles. The lowest BCUT2D eigenvalue weighted by atomic mass is 9.86. The van der Waals surface area contributed by atoms with Gasteiger partial charge in [-0.2, -0.15) is 5.26 Å². The number of hydrogen-bond donors (Lipinski definition) is 2. The minimum absolute atomic E-state index is 0.192. The number of halogens is 1. The van der Waals surface area contributed by atoms with Crippen LogP contribution in [-0.4, -0.2) is 17.1 Å². The van der Waals surface area contributed by atoms with Gasteiger partial charge in [-0.1, -0.05) is 0 Å². The highest BCUT2D eigenvalue weighted by Gasteiger charge is 2.25. The summed E-state index contributed by atoms with van der Waals surface area (Å²) < 4.78 is 0.868. The lowest BCUT2D eigenvalue weighted by Gasteiger charge is -2.28. The minimum atomic E-state index is -0.682. The molecule has 0 aliphatic heterocycles. The second-order valence-corrected chi connectivity index (χ2v) is 5.69. The molecule has 0 amide bonds. The Bertz CT molecular complexity index is 517. The molecule has 1 aromatic rings. The first-order valence-electron chi connectivity index (χ1n) is 6.29. The van der Waals surface area contributed by atoms with E-state index in [-0.39, 0.29) is 5.92 Å². The molecule has 0 aromatic heterocycles. The highest BCUT2D eigenvalue weighted by molar-refractivity contribution is 9.10. The van der Waals surface area contributed by atoms with Crippen molar-refractivity contribution in [2.45, 2.75) is 31.7 Å². The number of benzene rings is 1. The van der Waals surface area contributed by atoms with Gasteiger partial charge in [-0.15, -0.1) is 0 Å². The van der Waals surface area contributed by atoms with E-state index in [2.05, 4.69) is 27.3 Å². The van der Waals surface area contributed by atoms with Crippen molar-refractivity contribution in [1.29, 1.82) is 5.26 Å². The predicted octanol–water partition coefficient (Wildman–Crippen LogP) is 3.38. The summed E-state index contributed by atoms with van der Waals surface area (Å²) in [5.41, 5.74) is 1.57. The summed E-state index contributed by atoms with van der Waals surface area (Å²) in [6, 6.07) is 7.84. The Balaban J connectivity index is 1.96. The first-order chi connectivity index (χ1) is 9.10. The van der Waals surface area contributed by atoms with Crippen LogP contribution in [0.25, 0.3) is 0 Å². The van der Waals surface area contributed by atoms with Gasteiger partial charge in [-0.05, 0) is 59.8 Å². The van der Waals surface area contributed by atoms with E-state index >= 15 is 0 Å². The van der Waals surface area contributed by atoms with Crippen molar-refractivity contribution in [3.63, 3.8) is 0 Å². The number of carboxylic acid groups (broad SMARTS) is 1. The first kappa shape index (κ1) is 13.9. The lowest BCUT2D eigenvalue weighted by Crippen LogP contribution is -2.29. The van der Waals surface area contributed by atoms with Gasteiger partial charge in [-0.3, -0.25) is 4.79 Å². The fourth-order valence-corrected chi connectivity index (χ4v) is 2.90. The van der Waals surface area contributed by atoms with Crippen LogP contribution in [0, 0.1) is 17.2 Å². The molecule has 1 aliphatic carbocycles. The van der Waals surface area contributed by atoms with Gasteiger partial charge in [0.15, 0.2) is 0 Å². The van der Waals surface area contributed by atoms with Crippen LogP contribution >= 0.6 is 15.9 Å². The number of aliphatic carboxylic acids is 1. The fourth-order valence-electron chi connectivity index (χ4n) is 2.41. The van der Waals surface area contributed by atoms with Crippen LogP contribution in [0.1, 0.15) is 31.2 Å². The van der Waals surface area contributed by atoms with Gasteiger partial charge in [0.05, 0.1) is 17.6 Å². The number of carboxylic acids is 1. The van der Waals surface area contributed by atoms with E-state index in [0.717, 1.165) is 35.8 Å². The molecule has 0 bridgehead atoms. The summed E-state index contributed by atoms with van der Waals surface area (Å²) in [6.07, 6.45) is 3.18. The molecule has 2 N–H and O–H groups in total. The first-order valence-corrected chi connectivity index (χ1v) is 7.08. The zero-order valence-electron chi connectivity index (χ0n) is 10.4. The molecule has 0 spiro atoms. The van der Waals surface area contributed by atoms with Crippen LogP contribution in [0.15, 0.2) is 22.7 Å². The molecule has 0 radical (unpaired) electrons. The lowest BCUT2D eigenvalue weighted by molar-refractivity contribution is -0.142. The van der Waals surface area contributed by atoms with E-state index < -0.39 is 5.97 Å². The fraction of sp³-hybridized carbons (Fsp3) is 0.429. The van der Waals surface area contributed by atoms with Crippen molar-refractivity contribution in [2.75, 3.05) is 5.32 Å². The maximum atomic E-state index is 10.9. The topological polar surface area (TPSA) is 73.1 Å². The number of anilines is 1. The molecule has 5 heteroatoms. The van der Waals surface area contributed by atoms with E-state index in [9.17, 15) is 4.79 Å². The monoisotopic (exact) mass is 322 g/mol. The van der Waals surface area contributed by atoms with Crippen LogP contribution < -0.4 is 5.32 Å². The number of nitrogens with one attached hydrogen (secondary N) is 1. The highest BCUT2D eigenvalue weighted by Crippen LogP contribution is 2.30. The van der Waals surface area contributed by atoms with Gasteiger partial charge >= 0.3 is 5.97 Å². The summed E-state index contributed by atoms with van der Waals surface area (Å²) >= 11 is 3.44. The summed E-state index contributed by atoms with van der Waals surface area (Å²) in [6.45, 7) is 0. The number of nitrogens with zero attached hydrogens (tertiary/aromatic N) is 1. The molecule has 0 heterocycles. The Labute approximate surface area is 120 Å². The van der Waals surface area contributed by atoms with Crippen molar-refractivity contribution in [2.24, 2.45) is 5.92 Å². The second kappa shape index (κ2) is 6.07. The van der Waals surface area contributed by atoms with Gasteiger partial charge in [-0.25, -0.2) is 0 Å². The number of nitriles is 1. The van der Waals surface area contributed by atoms with Crippen LogP contribution in [0.3, 0.4) is 0 Å². The number of carbonyl (C=O) groups is 1. The molecule has 1 fully saturated rings. The third kappa shape index (κ3) is 3.48. The van der Waals surface area contributed by atoms with E-state index in [4.69, 9.17) is 10.4 Å². The summed E-state index contributed by atoms with van der Waals surface area (Å²) in [5, 5.41) is 21.2. The standard InChI is InChI=1S/C14H15BrN2O2/c15-12-7-9(8-16)1-6-13(12)17-11-4-2-10(3-5-11)14(18)19/h1,6-7,10-11,17H,2-5H2,(H,18,19). The van der Waals surface area contributed by atoms with Crippen molar-refractivity contribution < 1.29 is 9.90 Å². The summed E-state index contributed by atoms with van der Waals surface area (Å²) in [4.78, 5) is 10.9. The van der Waals surface area contributed by atoms with Gasteiger partial charge in [0.1, 0.15) is 0 Å². The quantitative estimate of drug-likeness (QED) is 0.894. The Morgan fingerprint density at radius 2 is 2.05 bits per heavy atom. The number of rotatable bonds is 3. The van der Waals surface area contributed by atoms with Crippen molar-refractivity contribution >= 4 is 27.6 Å². The van der Waals surface area contributed by atoms with Crippen LogP contribution in [-0.2, 0) is 4.79 Å². The van der Waals surface area contributed by atoms with Crippen molar-refractivity contribution in [3.05, 3.63) is 28.2 Å². The Morgan fingerprint density at radius 1 is 1.37 bits per heavy atom. The molecule has 0 unspecified atom stereocenters. The zero-order valence-corrected chi connectivity index (χ0v) is 12.0. The third-order valence-corrected chi connectivity index (χ3v) is 4.19. The third-order valence-electron chi connectivity index (χ3n) is 3.53. The average Bonchev–Trinajstić information content (AvgIpc) is 2.41. The predicted molar refractivity (Wildman–Crippen MR) is 75.9 cm³/mol. The van der Waals surface area contributed by atoms with Crippen molar-refractivity contribution in [3.8, 4) is 6.07 Å². The minimum Gasteiger partial charge on any atom is -0.481 e. The molecule has 0 saturated heterocycles. The van der Waals surface area contributed by atoms with E-state index in [0.29, 0.717) is 11.6 Å². The van der Waals surface area contributed by atoms with Gasteiger partial charge in [0.2, 0.25) is 0 Å². The molecular weight excluding hydrogens is 308 g/mol. The Kier molecular flexibility index (Phi) is 4.43.